The van der Waals surface area contributed by atoms with Crippen molar-refractivity contribution in [3.05, 3.63) is 41.5 Å². The van der Waals surface area contributed by atoms with Crippen LogP contribution in [-0.2, 0) is 11.3 Å². The fourth-order valence-corrected chi connectivity index (χ4v) is 3.07. The maximum atomic E-state index is 12.9. The molecule has 1 aliphatic rings. The smallest absolute Gasteiger partial charge is 0.322 e. The molecule has 1 aromatic carbocycles. The summed E-state index contributed by atoms with van der Waals surface area (Å²) in [5.41, 5.74) is 1.09. The number of carbonyl (C=O) groups is 1. The zero-order valence-corrected chi connectivity index (χ0v) is 14.6. The van der Waals surface area contributed by atoms with Crippen LogP contribution in [-0.4, -0.2) is 34.7 Å². The molecule has 1 unspecified atom stereocenters. The number of hydrogen-bond donors (Lipinski definition) is 1. The number of nitriles is 1. The lowest BCUT2D eigenvalue weighted by Gasteiger charge is -2.28. The van der Waals surface area contributed by atoms with Gasteiger partial charge in [0.1, 0.15) is 6.61 Å². The molecule has 1 fully saturated rings. The van der Waals surface area contributed by atoms with E-state index in [1.165, 1.54) is 0 Å². The van der Waals surface area contributed by atoms with Gasteiger partial charge in [0.25, 0.3) is 5.89 Å². The van der Waals surface area contributed by atoms with E-state index >= 15 is 0 Å². The Hall–Kier alpha value is -2.92. The minimum Gasteiger partial charge on any atom is -0.375 e. The molecule has 26 heavy (non-hydrogen) atoms. The van der Waals surface area contributed by atoms with Crippen molar-refractivity contribution in [3.63, 3.8) is 0 Å². The van der Waals surface area contributed by atoms with Gasteiger partial charge in [0.05, 0.1) is 17.7 Å². The molecule has 2 amide bonds. The number of likely N-dealkylation sites (tertiary alicyclic amines) is 1. The second kappa shape index (κ2) is 8.45. The molecule has 2 heterocycles. The van der Waals surface area contributed by atoms with Crippen LogP contribution in [0.15, 0.2) is 28.8 Å². The van der Waals surface area contributed by atoms with E-state index in [-0.39, 0.29) is 18.7 Å². The Labute approximate surface area is 151 Å². The summed E-state index contributed by atoms with van der Waals surface area (Å²) in [5.74, 6) is 0.897. The van der Waals surface area contributed by atoms with Gasteiger partial charge in [-0.3, -0.25) is 0 Å². The molecule has 1 aromatic heterocycles. The van der Waals surface area contributed by atoms with Crippen molar-refractivity contribution in [2.45, 2.75) is 38.3 Å². The molecule has 0 radical (unpaired) electrons. The lowest BCUT2D eigenvalue weighted by Crippen LogP contribution is -2.38. The minimum absolute atomic E-state index is 0.231. The lowest BCUT2D eigenvalue weighted by atomic mass is 10.1. The van der Waals surface area contributed by atoms with Gasteiger partial charge in [-0.1, -0.05) is 24.1 Å². The van der Waals surface area contributed by atoms with Gasteiger partial charge in [-0.05, 0) is 31.0 Å². The maximum Gasteiger partial charge on any atom is 0.322 e. The molecule has 1 N–H and O–H groups in total. The fourth-order valence-electron chi connectivity index (χ4n) is 3.07. The number of rotatable bonds is 4. The van der Waals surface area contributed by atoms with Crippen LogP contribution in [0.3, 0.4) is 0 Å². The first-order valence-electron chi connectivity index (χ1n) is 8.60. The minimum atomic E-state index is -0.244. The molecule has 136 valence electrons. The Balaban J connectivity index is 1.78. The Morgan fingerprint density at radius 1 is 1.46 bits per heavy atom. The molecule has 1 atom stereocenters. The predicted octanol–water partition coefficient (Wildman–Crippen LogP) is 3.24. The van der Waals surface area contributed by atoms with Crippen LogP contribution < -0.4 is 5.32 Å². The predicted molar refractivity (Wildman–Crippen MR) is 93.1 cm³/mol. The Bertz CT molecular complexity index is 798. The van der Waals surface area contributed by atoms with Crippen LogP contribution in [0.5, 0.6) is 0 Å². The van der Waals surface area contributed by atoms with Gasteiger partial charge in [0, 0.05) is 19.3 Å². The Kier molecular flexibility index (Phi) is 5.81. The largest absolute Gasteiger partial charge is 0.375 e. The normalized spacial score (nSPS) is 17.4. The van der Waals surface area contributed by atoms with Gasteiger partial charge in [-0.15, -0.1) is 0 Å². The summed E-state index contributed by atoms with van der Waals surface area (Å²) in [6, 6.07) is 8.44. The molecular weight excluding hydrogens is 334 g/mol. The Morgan fingerprint density at radius 2 is 2.35 bits per heavy atom. The average molecular weight is 355 g/mol. The van der Waals surface area contributed by atoms with Gasteiger partial charge < -0.3 is 19.5 Å². The Morgan fingerprint density at radius 3 is 3.15 bits per heavy atom. The third kappa shape index (κ3) is 4.18. The second-order valence-electron chi connectivity index (χ2n) is 6.16. The van der Waals surface area contributed by atoms with Crippen LogP contribution in [0.2, 0.25) is 0 Å². The number of nitrogens with one attached hydrogen (secondary N) is 1. The van der Waals surface area contributed by atoms with Crippen molar-refractivity contribution < 1.29 is 14.1 Å². The highest BCUT2D eigenvalue weighted by atomic mass is 16.5. The first-order valence-corrected chi connectivity index (χ1v) is 8.60. The lowest BCUT2D eigenvalue weighted by molar-refractivity contribution is 0.151. The van der Waals surface area contributed by atoms with Crippen LogP contribution in [0.4, 0.5) is 10.5 Å². The highest BCUT2D eigenvalue weighted by Gasteiger charge is 2.30. The number of aromatic nitrogens is 2. The van der Waals surface area contributed by atoms with Crippen molar-refractivity contribution >= 4 is 11.7 Å². The van der Waals surface area contributed by atoms with E-state index in [9.17, 15) is 4.79 Å². The van der Waals surface area contributed by atoms with Crippen LogP contribution in [0.25, 0.3) is 0 Å². The molecule has 0 spiro atoms. The third-order valence-corrected chi connectivity index (χ3v) is 4.31. The zero-order valence-electron chi connectivity index (χ0n) is 14.6. The second-order valence-corrected chi connectivity index (χ2v) is 6.16. The first kappa shape index (κ1) is 17.9. The number of hydrogen-bond acceptors (Lipinski definition) is 6. The molecule has 0 bridgehead atoms. The van der Waals surface area contributed by atoms with E-state index in [0.717, 1.165) is 25.7 Å². The molecule has 3 rings (SSSR count). The molecule has 1 saturated heterocycles. The summed E-state index contributed by atoms with van der Waals surface area (Å²) >= 11 is 0. The van der Waals surface area contributed by atoms with E-state index in [1.54, 1.807) is 36.3 Å². The maximum absolute atomic E-state index is 12.9. The molecule has 8 heteroatoms. The summed E-state index contributed by atoms with van der Waals surface area (Å²) in [7, 11) is 1.56. The van der Waals surface area contributed by atoms with E-state index in [4.69, 9.17) is 14.5 Å². The molecule has 8 nitrogen and oxygen atoms in total. The summed E-state index contributed by atoms with van der Waals surface area (Å²) in [6.45, 7) is 0.857. The van der Waals surface area contributed by atoms with Gasteiger partial charge >= 0.3 is 6.03 Å². The van der Waals surface area contributed by atoms with E-state index in [1.807, 2.05) is 0 Å². The van der Waals surface area contributed by atoms with Crippen molar-refractivity contribution in [1.29, 1.82) is 5.26 Å². The quantitative estimate of drug-likeness (QED) is 0.903. The molecule has 2 aromatic rings. The van der Waals surface area contributed by atoms with Crippen LogP contribution in [0.1, 0.15) is 49.0 Å². The summed E-state index contributed by atoms with van der Waals surface area (Å²) in [5, 5.41) is 15.9. The van der Waals surface area contributed by atoms with Crippen molar-refractivity contribution in [3.8, 4) is 6.07 Å². The molecule has 0 saturated carbocycles. The van der Waals surface area contributed by atoms with Crippen LogP contribution in [0, 0.1) is 11.3 Å². The average Bonchev–Trinajstić information content (AvgIpc) is 2.97. The van der Waals surface area contributed by atoms with Gasteiger partial charge in [-0.25, -0.2) is 4.79 Å². The number of anilines is 1. The molecular formula is C18H21N5O3. The number of benzene rings is 1. The van der Waals surface area contributed by atoms with E-state index in [2.05, 4.69) is 21.5 Å². The number of ether oxygens (including phenoxy) is 1. The summed E-state index contributed by atoms with van der Waals surface area (Å²) in [4.78, 5) is 19.0. The molecule has 0 aliphatic carbocycles. The first-order chi connectivity index (χ1) is 12.7. The highest BCUT2D eigenvalue weighted by Crippen LogP contribution is 2.29. The molecule has 1 aliphatic heterocycles. The van der Waals surface area contributed by atoms with E-state index in [0.29, 0.717) is 29.5 Å². The number of urea groups is 1. The summed E-state index contributed by atoms with van der Waals surface area (Å²) in [6.07, 6.45) is 3.74. The van der Waals surface area contributed by atoms with Gasteiger partial charge in [0.2, 0.25) is 0 Å². The topological polar surface area (TPSA) is 104 Å². The zero-order chi connectivity index (χ0) is 18.4. The van der Waals surface area contributed by atoms with Crippen molar-refractivity contribution in [1.82, 2.24) is 15.0 Å². The van der Waals surface area contributed by atoms with Crippen molar-refractivity contribution in [2.75, 3.05) is 19.0 Å². The van der Waals surface area contributed by atoms with Crippen LogP contribution >= 0.6 is 0 Å². The van der Waals surface area contributed by atoms with Gasteiger partial charge in [0.15, 0.2) is 5.82 Å². The van der Waals surface area contributed by atoms with Crippen molar-refractivity contribution in [2.24, 2.45) is 0 Å². The standard InChI is InChI=1S/C18H21N5O3/c1-25-12-16-21-17(22-26-16)15-8-3-2-4-9-23(15)18(24)20-14-7-5-6-13(10-14)11-19/h5-7,10,15H,2-4,8-9,12H2,1H3,(H,20,24). The summed E-state index contributed by atoms with van der Waals surface area (Å²) < 4.78 is 10.2. The number of nitrogens with zero attached hydrogens (tertiary/aromatic N) is 4. The fraction of sp³-hybridized carbons (Fsp3) is 0.444. The van der Waals surface area contributed by atoms with Gasteiger partial charge in [-0.2, -0.15) is 10.2 Å². The monoisotopic (exact) mass is 355 g/mol. The number of carbonyl (C=O) groups excluding carboxylic acids is 1. The third-order valence-electron chi connectivity index (χ3n) is 4.31. The highest BCUT2D eigenvalue weighted by molar-refractivity contribution is 5.89. The number of methoxy groups -OCH3 is 1. The van der Waals surface area contributed by atoms with E-state index < -0.39 is 0 Å². The SMILES string of the molecule is COCc1nc(C2CCCCCN2C(=O)Nc2cccc(C#N)c2)no1. The number of amides is 2.